The van der Waals surface area contributed by atoms with Gasteiger partial charge in [0.05, 0.1) is 32.0 Å². The van der Waals surface area contributed by atoms with Gasteiger partial charge in [-0.1, -0.05) is 322 Å². The molecule has 0 spiro atoms. The summed E-state index contributed by atoms with van der Waals surface area (Å²) in [5, 5.41) is 87.4. The smallest absolute Gasteiger partial charge is 0.220 e. The molecule has 1 amide bonds. The number of nitrogens with one attached hydrogen (secondary N) is 1. The molecule has 83 heavy (non-hydrogen) atoms. The standard InChI is InChI=1S/C69H135NO13/c1-3-5-7-9-11-13-15-17-18-19-20-21-22-23-24-25-26-27-28-29-30-31-32-33-34-35-36-37-38-39-41-43-45-47-49-51-53-61(74)70-57(58(73)52-50-48-46-44-42-40-16-14-12-10-8-6-4-2)56-80-68-66(79)64(77)67(60(55-72)82-68)83-69-65(78)63(76)62(75)59(54-71)81-69/h57-60,62-69,71-73,75-79H,3-56H2,1-2H3,(H,70,74). The number of hydrogen-bond acceptors (Lipinski definition) is 13. The van der Waals surface area contributed by atoms with Crippen molar-refractivity contribution in [2.75, 3.05) is 19.8 Å². The largest absolute Gasteiger partial charge is 0.394 e. The van der Waals surface area contributed by atoms with Crippen LogP contribution in [0.3, 0.4) is 0 Å². The van der Waals surface area contributed by atoms with Gasteiger partial charge in [0.2, 0.25) is 5.91 Å². The topological polar surface area (TPSA) is 228 Å². The number of ether oxygens (including phenoxy) is 4. The lowest BCUT2D eigenvalue weighted by molar-refractivity contribution is -0.359. The van der Waals surface area contributed by atoms with Crippen molar-refractivity contribution in [2.45, 2.75) is 415 Å². The molecule has 0 aromatic carbocycles. The Morgan fingerprint density at radius 1 is 0.386 bits per heavy atom. The van der Waals surface area contributed by atoms with Crippen molar-refractivity contribution >= 4 is 5.91 Å². The summed E-state index contributed by atoms with van der Waals surface area (Å²) in [6.45, 7) is 2.91. The van der Waals surface area contributed by atoms with Gasteiger partial charge < -0.3 is 65.1 Å². The van der Waals surface area contributed by atoms with Gasteiger partial charge >= 0.3 is 0 Å². The highest BCUT2D eigenvalue weighted by molar-refractivity contribution is 5.76. The summed E-state index contributed by atoms with van der Waals surface area (Å²) in [5.74, 6) is -0.199. The van der Waals surface area contributed by atoms with Gasteiger partial charge in [-0.2, -0.15) is 0 Å². The van der Waals surface area contributed by atoms with Crippen molar-refractivity contribution in [1.29, 1.82) is 0 Å². The molecule has 14 heteroatoms. The van der Waals surface area contributed by atoms with Crippen LogP contribution in [0.15, 0.2) is 0 Å². The van der Waals surface area contributed by atoms with E-state index in [-0.39, 0.29) is 12.5 Å². The fourth-order valence-electron chi connectivity index (χ4n) is 12.4. The van der Waals surface area contributed by atoms with Crippen LogP contribution < -0.4 is 5.32 Å². The highest BCUT2D eigenvalue weighted by Crippen LogP contribution is 2.30. The molecule has 2 aliphatic rings. The van der Waals surface area contributed by atoms with E-state index >= 15 is 0 Å². The van der Waals surface area contributed by atoms with Gasteiger partial charge in [0.25, 0.3) is 0 Å². The maximum absolute atomic E-state index is 13.3. The van der Waals surface area contributed by atoms with Gasteiger partial charge in [0.15, 0.2) is 12.6 Å². The summed E-state index contributed by atoms with van der Waals surface area (Å²) in [7, 11) is 0. The van der Waals surface area contributed by atoms with Crippen LogP contribution in [0, 0.1) is 0 Å². The molecular formula is C69H135NO13. The molecule has 0 aliphatic carbocycles. The first-order valence-corrected chi connectivity index (χ1v) is 35.8. The predicted molar refractivity (Wildman–Crippen MR) is 337 cm³/mol. The minimum absolute atomic E-state index is 0.199. The molecule has 0 aromatic rings. The van der Waals surface area contributed by atoms with E-state index in [2.05, 4.69) is 19.2 Å². The summed E-state index contributed by atoms with van der Waals surface area (Å²) in [6.07, 6.45) is 48.7. The molecule has 2 fully saturated rings. The second-order valence-corrected chi connectivity index (χ2v) is 25.7. The third kappa shape index (κ3) is 39.6. The monoisotopic (exact) mass is 1190 g/mol. The normalized spacial score (nSPS) is 23.7. The zero-order valence-electron chi connectivity index (χ0n) is 53.7. The maximum Gasteiger partial charge on any atom is 0.220 e. The summed E-state index contributed by atoms with van der Waals surface area (Å²) >= 11 is 0. The Morgan fingerprint density at radius 3 is 1.02 bits per heavy atom. The average molecular weight is 1190 g/mol. The van der Waals surface area contributed by atoms with Gasteiger partial charge in [-0.25, -0.2) is 0 Å². The average Bonchev–Trinajstić information content (AvgIpc) is 3.47. The van der Waals surface area contributed by atoms with E-state index in [1.54, 1.807) is 0 Å². The zero-order valence-corrected chi connectivity index (χ0v) is 53.7. The molecule has 0 bridgehead atoms. The number of aliphatic hydroxyl groups excluding tert-OH is 8. The predicted octanol–water partition coefficient (Wildman–Crippen LogP) is 14.4. The lowest BCUT2D eigenvalue weighted by Crippen LogP contribution is -2.65. The number of carbonyl (C=O) groups is 1. The van der Waals surface area contributed by atoms with E-state index in [0.29, 0.717) is 12.8 Å². The lowest BCUT2D eigenvalue weighted by Gasteiger charge is -2.46. The molecule has 2 saturated heterocycles. The summed E-state index contributed by atoms with van der Waals surface area (Å²) in [6, 6.07) is -0.823. The fourth-order valence-corrected chi connectivity index (χ4v) is 12.4. The van der Waals surface area contributed by atoms with Crippen molar-refractivity contribution in [3.8, 4) is 0 Å². The van der Waals surface area contributed by atoms with Crippen LogP contribution in [0.5, 0.6) is 0 Å². The van der Waals surface area contributed by atoms with Crippen LogP contribution in [0.4, 0.5) is 0 Å². The highest BCUT2D eigenvalue weighted by atomic mass is 16.7. The number of carbonyl (C=O) groups excluding carboxylic acids is 1. The Balaban J connectivity index is 1.55. The van der Waals surface area contributed by atoms with Crippen LogP contribution in [0.25, 0.3) is 0 Å². The Kier molecular flexibility index (Phi) is 51.8. The SMILES string of the molecule is CCCCCCCCCCCCCCCCCCCCCCCCCCCCCCCCCCCCCCC(=O)NC(COC1OC(CO)C(OC2OC(CO)C(O)C(O)C2O)C(O)C1O)C(O)CCCCCCCCCCCCCCC. The molecule has 2 rings (SSSR count). The van der Waals surface area contributed by atoms with E-state index in [4.69, 9.17) is 18.9 Å². The molecular weight excluding hydrogens is 1050 g/mol. The first-order valence-electron chi connectivity index (χ1n) is 35.8. The van der Waals surface area contributed by atoms with E-state index in [1.165, 1.54) is 263 Å². The molecule has 12 unspecified atom stereocenters. The maximum atomic E-state index is 13.3. The minimum Gasteiger partial charge on any atom is -0.394 e. The number of hydrogen-bond donors (Lipinski definition) is 9. The molecule has 494 valence electrons. The van der Waals surface area contributed by atoms with Gasteiger partial charge in [-0.15, -0.1) is 0 Å². The van der Waals surface area contributed by atoms with Gasteiger partial charge in [-0.3, -0.25) is 4.79 Å². The molecule has 2 aliphatic heterocycles. The van der Waals surface area contributed by atoms with Crippen LogP contribution in [-0.4, -0.2) is 140 Å². The van der Waals surface area contributed by atoms with Crippen LogP contribution in [0.1, 0.15) is 341 Å². The Bertz CT molecular complexity index is 1400. The van der Waals surface area contributed by atoms with Crippen LogP contribution >= 0.6 is 0 Å². The molecule has 2 heterocycles. The lowest BCUT2D eigenvalue weighted by atomic mass is 9.97. The van der Waals surface area contributed by atoms with Crippen molar-refractivity contribution in [3.63, 3.8) is 0 Å². The Morgan fingerprint density at radius 2 is 0.687 bits per heavy atom. The Hall–Kier alpha value is -1.01. The minimum atomic E-state index is -1.78. The molecule has 14 nitrogen and oxygen atoms in total. The van der Waals surface area contributed by atoms with Crippen LogP contribution in [-0.2, 0) is 23.7 Å². The molecule has 9 N–H and O–H groups in total. The van der Waals surface area contributed by atoms with E-state index in [0.717, 1.165) is 51.4 Å². The van der Waals surface area contributed by atoms with Crippen molar-refractivity contribution in [1.82, 2.24) is 5.32 Å². The van der Waals surface area contributed by atoms with Crippen molar-refractivity contribution in [3.05, 3.63) is 0 Å². The van der Waals surface area contributed by atoms with Crippen molar-refractivity contribution < 1.29 is 64.6 Å². The van der Waals surface area contributed by atoms with Gasteiger partial charge in [-0.05, 0) is 12.8 Å². The number of unbranched alkanes of at least 4 members (excludes halogenated alkanes) is 47. The molecule has 0 aromatic heterocycles. The Labute approximate surface area is 508 Å². The highest BCUT2D eigenvalue weighted by Gasteiger charge is 2.51. The van der Waals surface area contributed by atoms with Crippen LogP contribution in [0.2, 0.25) is 0 Å². The number of rotatable bonds is 60. The fraction of sp³-hybridized carbons (Fsp3) is 0.986. The molecule has 0 saturated carbocycles. The first kappa shape index (κ1) is 78.1. The zero-order chi connectivity index (χ0) is 60.2. The van der Waals surface area contributed by atoms with Crippen molar-refractivity contribution in [2.24, 2.45) is 0 Å². The summed E-state index contributed by atoms with van der Waals surface area (Å²) < 4.78 is 22.9. The third-order valence-corrected chi connectivity index (χ3v) is 18.1. The number of aliphatic hydroxyl groups is 8. The molecule has 0 radical (unpaired) electrons. The second-order valence-electron chi connectivity index (χ2n) is 25.7. The third-order valence-electron chi connectivity index (χ3n) is 18.1. The van der Waals surface area contributed by atoms with Gasteiger partial charge in [0.1, 0.15) is 48.8 Å². The molecule has 12 atom stereocenters. The number of amides is 1. The second kappa shape index (κ2) is 55.1. The summed E-state index contributed by atoms with van der Waals surface area (Å²) in [4.78, 5) is 13.3. The summed E-state index contributed by atoms with van der Waals surface area (Å²) in [5.41, 5.74) is 0. The quantitative estimate of drug-likeness (QED) is 0.0259. The van der Waals surface area contributed by atoms with E-state index < -0.39 is 86.8 Å². The first-order chi connectivity index (χ1) is 40.6. The van der Waals surface area contributed by atoms with E-state index in [9.17, 15) is 45.6 Å². The van der Waals surface area contributed by atoms with Gasteiger partial charge in [0, 0.05) is 6.42 Å². The van der Waals surface area contributed by atoms with E-state index in [1.807, 2.05) is 0 Å².